The van der Waals surface area contributed by atoms with E-state index in [9.17, 15) is 0 Å². The minimum absolute atomic E-state index is 0.771. The second-order valence-electron chi connectivity index (χ2n) is 3.76. The Morgan fingerprint density at radius 2 is 2.31 bits per heavy atom. The molecule has 0 saturated carbocycles. The predicted octanol–water partition coefficient (Wildman–Crippen LogP) is 1.47. The first-order valence-electron chi connectivity index (χ1n) is 5.73. The van der Waals surface area contributed by atoms with Crippen molar-refractivity contribution < 1.29 is 9.15 Å². The van der Waals surface area contributed by atoms with E-state index in [4.69, 9.17) is 9.15 Å². The van der Waals surface area contributed by atoms with Gasteiger partial charge in [0.1, 0.15) is 5.76 Å². The molecule has 4 heteroatoms. The summed E-state index contributed by atoms with van der Waals surface area (Å²) < 4.78 is 10.5. The third-order valence-corrected chi connectivity index (χ3v) is 2.63. The molecular formula is C12H22N2O2. The first-order valence-corrected chi connectivity index (χ1v) is 5.73. The summed E-state index contributed by atoms with van der Waals surface area (Å²) in [5.74, 6) is 1.03. The van der Waals surface area contributed by atoms with Crippen molar-refractivity contribution in [1.82, 2.24) is 10.2 Å². The Kier molecular flexibility index (Phi) is 6.15. The van der Waals surface area contributed by atoms with E-state index in [1.807, 2.05) is 13.1 Å². The molecule has 4 nitrogen and oxygen atoms in total. The van der Waals surface area contributed by atoms with Gasteiger partial charge < -0.3 is 14.5 Å². The topological polar surface area (TPSA) is 37.6 Å². The molecule has 0 aromatic carbocycles. The molecule has 0 radical (unpaired) electrons. The zero-order valence-electron chi connectivity index (χ0n) is 10.5. The minimum Gasteiger partial charge on any atom is -0.468 e. The molecule has 1 N–H and O–H groups in total. The Hall–Kier alpha value is -0.840. The van der Waals surface area contributed by atoms with Crippen LogP contribution in [-0.4, -0.2) is 38.8 Å². The lowest BCUT2D eigenvalue weighted by molar-refractivity contribution is 0.147. The smallest absolute Gasteiger partial charge is 0.122 e. The molecule has 0 saturated heterocycles. The number of furan rings is 1. The van der Waals surface area contributed by atoms with E-state index in [2.05, 4.69) is 17.1 Å². The second kappa shape index (κ2) is 7.44. The molecule has 0 unspecified atom stereocenters. The Bertz CT molecular complexity index is 286. The minimum atomic E-state index is 0.771. The molecule has 1 aromatic rings. The maximum atomic E-state index is 5.43. The fraction of sp³-hybridized carbons (Fsp3) is 0.667. The van der Waals surface area contributed by atoms with Crippen molar-refractivity contribution in [1.29, 1.82) is 0 Å². The van der Waals surface area contributed by atoms with Gasteiger partial charge in [-0.1, -0.05) is 6.92 Å². The van der Waals surface area contributed by atoms with Crippen LogP contribution in [0.2, 0.25) is 0 Å². The van der Waals surface area contributed by atoms with Gasteiger partial charge in [-0.15, -0.1) is 0 Å². The number of ether oxygens (including phenoxy) is 1. The van der Waals surface area contributed by atoms with E-state index in [1.54, 1.807) is 13.4 Å². The van der Waals surface area contributed by atoms with Gasteiger partial charge >= 0.3 is 0 Å². The summed E-state index contributed by atoms with van der Waals surface area (Å²) in [6.45, 7) is 6.61. The van der Waals surface area contributed by atoms with Crippen LogP contribution < -0.4 is 5.32 Å². The van der Waals surface area contributed by atoms with Gasteiger partial charge in [-0.25, -0.2) is 0 Å². The largest absolute Gasteiger partial charge is 0.468 e. The standard InChI is InChI=1S/C12H22N2O2/c1-4-14(6-8-15-3)10-11-5-7-16-12(11)9-13-2/h5,7,13H,4,6,8-10H2,1-3H3. The zero-order valence-corrected chi connectivity index (χ0v) is 10.5. The normalized spacial score (nSPS) is 11.2. The molecule has 0 amide bonds. The highest BCUT2D eigenvalue weighted by Gasteiger charge is 2.09. The maximum Gasteiger partial charge on any atom is 0.122 e. The van der Waals surface area contributed by atoms with Gasteiger partial charge in [-0.2, -0.15) is 0 Å². The molecule has 0 spiro atoms. The van der Waals surface area contributed by atoms with E-state index < -0.39 is 0 Å². The van der Waals surface area contributed by atoms with Crippen LogP contribution in [0.5, 0.6) is 0 Å². The molecule has 0 aliphatic rings. The van der Waals surface area contributed by atoms with E-state index in [-0.39, 0.29) is 0 Å². The first kappa shape index (κ1) is 13.2. The summed E-state index contributed by atoms with van der Waals surface area (Å²) >= 11 is 0. The SMILES string of the molecule is CCN(CCOC)Cc1ccoc1CNC. The van der Waals surface area contributed by atoms with Crippen molar-refractivity contribution >= 4 is 0 Å². The molecule has 0 atom stereocenters. The molecule has 1 heterocycles. The first-order chi connectivity index (χ1) is 7.81. The predicted molar refractivity (Wildman–Crippen MR) is 64.3 cm³/mol. The average Bonchev–Trinajstić information content (AvgIpc) is 2.72. The van der Waals surface area contributed by atoms with Crippen molar-refractivity contribution in [3.05, 3.63) is 23.7 Å². The van der Waals surface area contributed by atoms with Gasteiger partial charge in [0.15, 0.2) is 0 Å². The Morgan fingerprint density at radius 3 is 2.94 bits per heavy atom. The molecule has 0 bridgehead atoms. The maximum absolute atomic E-state index is 5.43. The Balaban J connectivity index is 2.51. The summed E-state index contributed by atoms with van der Waals surface area (Å²) in [6.07, 6.45) is 1.76. The molecule has 0 aliphatic heterocycles. The quantitative estimate of drug-likeness (QED) is 0.728. The Morgan fingerprint density at radius 1 is 1.50 bits per heavy atom. The number of nitrogens with zero attached hydrogens (tertiary/aromatic N) is 1. The molecule has 0 fully saturated rings. The summed E-state index contributed by atoms with van der Waals surface area (Å²) in [5, 5.41) is 3.11. The van der Waals surface area contributed by atoms with Gasteiger partial charge in [0.05, 0.1) is 19.4 Å². The number of hydrogen-bond acceptors (Lipinski definition) is 4. The Labute approximate surface area is 97.6 Å². The lowest BCUT2D eigenvalue weighted by Gasteiger charge is -2.19. The number of likely N-dealkylation sites (N-methyl/N-ethyl adjacent to an activating group) is 1. The van der Waals surface area contributed by atoms with Gasteiger partial charge in [0, 0.05) is 25.8 Å². The van der Waals surface area contributed by atoms with Crippen molar-refractivity contribution in [2.75, 3.05) is 33.9 Å². The number of rotatable bonds is 8. The van der Waals surface area contributed by atoms with Crippen molar-refractivity contribution in [3.8, 4) is 0 Å². The van der Waals surface area contributed by atoms with Gasteiger partial charge in [0.2, 0.25) is 0 Å². The molecular weight excluding hydrogens is 204 g/mol. The lowest BCUT2D eigenvalue weighted by atomic mass is 10.2. The second-order valence-corrected chi connectivity index (χ2v) is 3.76. The highest BCUT2D eigenvalue weighted by molar-refractivity contribution is 5.16. The average molecular weight is 226 g/mol. The fourth-order valence-corrected chi connectivity index (χ4v) is 1.63. The van der Waals surface area contributed by atoms with E-state index in [0.717, 1.165) is 38.5 Å². The summed E-state index contributed by atoms with van der Waals surface area (Å²) in [6, 6.07) is 2.04. The van der Waals surface area contributed by atoms with Crippen LogP contribution in [0, 0.1) is 0 Å². The van der Waals surface area contributed by atoms with E-state index >= 15 is 0 Å². The highest BCUT2D eigenvalue weighted by atomic mass is 16.5. The van der Waals surface area contributed by atoms with E-state index in [1.165, 1.54) is 5.56 Å². The summed E-state index contributed by atoms with van der Waals surface area (Å²) in [7, 11) is 3.66. The van der Waals surface area contributed by atoms with Crippen LogP contribution in [0.1, 0.15) is 18.2 Å². The van der Waals surface area contributed by atoms with Crippen molar-refractivity contribution in [2.45, 2.75) is 20.0 Å². The summed E-state index contributed by atoms with van der Waals surface area (Å²) in [4.78, 5) is 2.34. The van der Waals surface area contributed by atoms with Crippen LogP contribution in [-0.2, 0) is 17.8 Å². The fourth-order valence-electron chi connectivity index (χ4n) is 1.63. The van der Waals surface area contributed by atoms with E-state index in [0.29, 0.717) is 0 Å². The molecule has 92 valence electrons. The highest BCUT2D eigenvalue weighted by Crippen LogP contribution is 2.12. The number of methoxy groups -OCH3 is 1. The monoisotopic (exact) mass is 226 g/mol. The molecule has 1 rings (SSSR count). The zero-order chi connectivity index (χ0) is 11.8. The number of hydrogen-bond donors (Lipinski definition) is 1. The van der Waals surface area contributed by atoms with Crippen LogP contribution in [0.3, 0.4) is 0 Å². The van der Waals surface area contributed by atoms with Gasteiger partial charge in [0.25, 0.3) is 0 Å². The lowest BCUT2D eigenvalue weighted by Crippen LogP contribution is -2.27. The van der Waals surface area contributed by atoms with Crippen molar-refractivity contribution in [3.63, 3.8) is 0 Å². The van der Waals surface area contributed by atoms with Gasteiger partial charge in [-0.3, -0.25) is 4.90 Å². The van der Waals surface area contributed by atoms with Crippen LogP contribution >= 0.6 is 0 Å². The van der Waals surface area contributed by atoms with Crippen LogP contribution in [0.4, 0.5) is 0 Å². The molecule has 0 aliphatic carbocycles. The van der Waals surface area contributed by atoms with Crippen LogP contribution in [0.25, 0.3) is 0 Å². The van der Waals surface area contributed by atoms with Gasteiger partial charge in [-0.05, 0) is 19.7 Å². The molecule has 16 heavy (non-hydrogen) atoms. The third kappa shape index (κ3) is 3.96. The van der Waals surface area contributed by atoms with Crippen molar-refractivity contribution in [2.24, 2.45) is 0 Å². The number of nitrogens with one attached hydrogen (secondary N) is 1. The van der Waals surface area contributed by atoms with Crippen LogP contribution in [0.15, 0.2) is 16.7 Å². The third-order valence-electron chi connectivity index (χ3n) is 2.63. The molecule has 1 aromatic heterocycles. The summed E-state index contributed by atoms with van der Waals surface area (Å²) in [5.41, 5.74) is 1.26.